The van der Waals surface area contributed by atoms with Gasteiger partial charge in [-0.25, -0.2) is 8.78 Å². The fourth-order valence-electron chi connectivity index (χ4n) is 1.83. The molecule has 0 fully saturated rings. The Labute approximate surface area is 104 Å². The predicted molar refractivity (Wildman–Crippen MR) is 66.2 cm³/mol. The molecule has 0 bridgehead atoms. The molecule has 1 aromatic carbocycles. The zero-order chi connectivity index (χ0) is 13.3. The molecule has 0 saturated heterocycles. The molecule has 0 aliphatic carbocycles. The second kappa shape index (κ2) is 4.49. The Morgan fingerprint density at radius 1 is 1.28 bits per heavy atom. The van der Waals surface area contributed by atoms with Crippen molar-refractivity contribution in [3.05, 3.63) is 42.1 Å². The summed E-state index contributed by atoms with van der Waals surface area (Å²) in [4.78, 5) is 0. The summed E-state index contributed by atoms with van der Waals surface area (Å²) in [5.74, 6) is 0. The summed E-state index contributed by atoms with van der Waals surface area (Å²) in [6, 6.07) is 11.0. The molecule has 0 spiro atoms. The number of rotatable bonds is 3. The van der Waals surface area contributed by atoms with E-state index in [0.29, 0.717) is 11.4 Å². The van der Waals surface area contributed by atoms with Crippen LogP contribution in [-0.2, 0) is 12.6 Å². The first-order valence-electron chi connectivity index (χ1n) is 5.60. The zero-order valence-corrected chi connectivity index (χ0v) is 10.3. The molecular weight excluding hydrogens is 236 g/mol. The molecule has 1 heterocycles. The maximum atomic E-state index is 12.9. The molecule has 18 heavy (non-hydrogen) atoms. The Balaban J connectivity index is 2.46. The Bertz CT molecular complexity index is 532. The summed E-state index contributed by atoms with van der Waals surface area (Å²) < 4.78 is 27.3. The average Bonchev–Trinajstić information content (AvgIpc) is 2.73. The fraction of sp³-hybridized carbons (Fsp3) is 0.308. The van der Waals surface area contributed by atoms with Gasteiger partial charge in [-0.3, -0.25) is 4.68 Å². The molecule has 2 N–H and O–H groups in total. The smallest absolute Gasteiger partial charge is 0.261 e. The van der Waals surface area contributed by atoms with Crippen LogP contribution in [0.5, 0.6) is 0 Å². The number of benzene rings is 1. The molecular formula is C13H15F2N3. The highest BCUT2D eigenvalue weighted by Crippen LogP contribution is 2.28. The molecule has 0 radical (unpaired) electrons. The number of halogens is 2. The lowest BCUT2D eigenvalue weighted by Gasteiger charge is -2.23. The van der Waals surface area contributed by atoms with Gasteiger partial charge in [0.2, 0.25) is 0 Å². The van der Waals surface area contributed by atoms with Gasteiger partial charge in [0.05, 0.1) is 11.4 Å². The van der Waals surface area contributed by atoms with Crippen molar-refractivity contribution < 1.29 is 8.78 Å². The van der Waals surface area contributed by atoms with Gasteiger partial charge in [0.15, 0.2) is 0 Å². The predicted octanol–water partition coefficient (Wildman–Crippen LogP) is 2.53. The topological polar surface area (TPSA) is 43.8 Å². The standard InChI is InChI=1S/C13H15F2N3/c1-13(16,12(14)15)11-8-10(17-18(11)2)9-6-4-3-5-7-9/h3-8,12H,16H2,1-2H3. The van der Waals surface area contributed by atoms with E-state index in [4.69, 9.17) is 5.73 Å². The first-order valence-corrected chi connectivity index (χ1v) is 5.60. The van der Waals surface area contributed by atoms with Crippen LogP contribution in [0.2, 0.25) is 0 Å². The fourth-order valence-corrected chi connectivity index (χ4v) is 1.83. The molecule has 2 aromatic rings. The number of alkyl halides is 2. The van der Waals surface area contributed by atoms with Gasteiger partial charge in [-0.05, 0) is 13.0 Å². The second-order valence-corrected chi connectivity index (χ2v) is 4.49. The van der Waals surface area contributed by atoms with Crippen molar-refractivity contribution in [2.45, 2.75) is 18.9 Å². The molecule has 1 atom stereocenters. The van der Waals surface area contributed by atoms with Crippen LogP contribution in [-0.4, -0.2) is 16.2 Å². The van der Waals surface area contributed by atoms with Crippen molar-refractivity contribution in [3.8, 4) is 11.3 Å². The first kappa shape index (κ1) is 12.7. The van der Waals surface area contributed by atoms with Crippen molar-refractivity contribution in [2.24, 2.45) is 12.8 Å². The van der Waals surface area contributed by atoms with Gasteiger partial charge in [-0.15, -0.1) is 0 Å². The van der Waals surface area contributed by atoms with Gasteiger partial charge in [0, 0.05) is 12.6 Å². The summed E-state index contributed by atoms with van der Waals surface area (Å²) >= 11 is 0. The van der Waals surface area contributed by atoms with Crippen LogP contribution in [0.3, 0.4) is 0 Å². The van der Waals surface area contributed by atoms with Crippen LogP contribution in [0.15, 0.2) is 36.4 Å². The number of aryl methyl sites for hydroxylation is 1. The lowest BCUT2D eigenvalue weighted by Crippen LogP contribution is -2.42. The highest BCUT2D eigenvalue weighted by atomic mass is 19.3. The Kier molecular flexibility index (Phi) is 3.17. The van der Waals surface area contributed by atoms with Gasteiger partial charge in [0.1, 0.15) is 5.54 Å². The van der Waals surface area contributed by atoms with E-state index in [-0.39, 0.29) is 0 Å². The lowest BCUT2D eigenvalue weighted by atomic mass is 9.99. The minimum atomic E-state index is -2.64. The lowest BCUT2D eigenvalue weighted by molar-refractivity contribution is 0.0580. The monoisotopic (exact) mass is 251 g/mol. The van der Waals surface area contributed by atoms with E-state index < -0.39 is 12.0 Å². The molecule has 1 aromatic heterocycles. The summed E-state index contributed by atoms with van der Waals surface area (Å²) in [5.41, 5.74) is 5.80. The molecule has 0 amide bonds. The van der Waals surface area contributed by atoms with Gasteiger partial charge >= 0.3 is 0 Å². The first-order chi connectivity index (χ1) is 8.43. The summed E-state index contributed by atoms with van der Waals surface area (Å²) in [6.45, 7) is 1.31. The number of nitrogens with two attached hydrogens (primary N) is 1. The third-order valence-electron chi connectivity index (χ3n) is 2.95. The SMILES string of the molecule is Cn1nc(-c2ccccc2)cc1C(C)(N)C(F)F. The van der Waals surface area contributed by atoms with Gasteiger partial charge in [-0.2, -0.15) is 5.10 Å². The highest BCUT2D eigenvalue weighted by molar-refractivity contribution is 5.59. The van der Waals surface area contributed by atoms with Crippen LogP contribution >= 0.6 is 0 Å². The van der Waals surface area contributed by atoms with Crippen LogP contribution in [0.1, 0.15) is 12.6 Å². The zero-order valence-electron chi connectivity index (χ0n) is 10.3. The summed E-state index contributed by atoms with van der Waals surface area (Å²) in [5, 5.41) is 4.23. The third-order valence-corrected chi connectivity index (χ3v) is 2.95. The van der Waals surface area contributed by atoms with E-state index in [1.54, 1.807) is 13.1 Å². The van der Waals surface area contributed by atoms with Crippen LogP contribution in [0.25, 0.3) is 11.3 Å². The summed E-state index contributed by atoms with van der Waals surface area (Å²) in [6.07, 6.45) is -2.64. The minimum absolute atomic E-state index is 0.316. The number of hydrogen-bond acceptors (Lipinski definition) is 2. The van der Waals surface area contributed by atoms with Gasteiger partial charge in [-0.1, -0.05) is 30.3 Å². The van der Waals surface area contributed by atoms with E-state index >= 15 is 0 Å². The van der Waals surface area contributed by atoms with E-state index in [0.717, 1.165) is 5.56 Å². The van der Waals surface area contributed by atoms with Gasteiger partial charge < -0.3 is 5.73 Å². The van der Waals surface area contributed by atoms with Crippen molar-refractivity contribution in [1.29, 1.82) is 0 Å². The van der Waals surface area contributed by atoms with Crippen LogP contribution < -0.4 is 5.73 Å². The number of nitrogens with zero attached hydrogens (tertiary/aromatic N) is 2. The average molecular weight is 251 g/mol. The van der Waals surface area contributed by atoms with Crippen molar-refractivity contribution in [1.82, 2.24) is 9.78 Å². The number of hydrogen-bond donors (Lipinski definition) is 1. The molecule has 1 unspecified atom stereocenters. The largest absolute Gasteiger partial charge is 0.316 e. The van der Waals surface area contributed by atoms with E-state index in [1.807, 2.05) is 30.3 Å². The third kappa shape index (κ3) is 2.13. The molecule has 2 rings (SSSR count). The Morgan fingerprint density at radius 3 is 2.44 bits per heavy atom. The maximum Gasteiger partial charge on any atom is 0.261 e. The van der Waals surface area contributed by atoms with Crippen molar-refractivity contribution in [2.75, 3.05) is 0 Å². The molecule has 0 aliphatic rings. The van der Waals surface area contributed by atoms with E-state index in [9.17, 15) is 8.78 Å². The quantitative estimate of drug-likeness (QED) is 0.911. The highest BCUT2D eigenvalue weighted by Gasteiger charge is 2.35. The molecule has 3 nitrogen and oxygen atoms in total. The minimum Gasteiger partial charge on any atom is -0.316 e. The Hall–Kier alpha value is -1.75. The van der Waals surface area contributed by atoms with Crippen LogP contribution in [0, 0.1) is 0 Å². The number of aromatic nitrogens is 2. The van der Waals surface area contributed by atoms with Crippen molar-refractivity contribution >= 4 is 0 Å². The maximum absolute atomic E-state index is 12.9. The molecule has 5 heteroatoms. The van der Waals surface area contributed by atoms with Gasteiger partial charge in [0.25, 0.3) is 6.43 Å². The van der Waals surface area contributed by atoms with E-state index in [2.05, 4.69) is 5.10 Å². The molecule has 0 aliphatic heterocycles. The normalized spacial score (nSPS) is 14.8. The Morgan fingerprint density at radius 2 is 1.89 bits per heavy atom. The molecule has 96 valence electrons. The van der Waals surface area contributed by atoms with Crippen molar-refractivity contribution in [3.63, 3.8) is 0 Å². The second-order valence-electron chi connectivity index (χ2n) is 4.49. The molecule has 0 saturated carbocycles. The summed E-state index contributed by atoms with van der Waals surface area (Å²) in [7, 11) is 1.62. The van der Waals surface area contributed by atoms with E-state index in [1.165, 1.54) is 11.6 Å². The van der Waals surface area contributed by atoms with Crippen LogP contribution in [0.4, 0.5) is 8.78 Å².